The molecular formula is C34H25N3. The summed E-state index contributed by atoms with van der Waals surface area (Å²) < 4.78 is 0. The number of rotatable bonds is 5. The zero-order valence-electron chi connectivity index (χ0n) is 20.5. The van der Waals surface area contributed by atoms with Crippen LogP contribution in [0, 0.1) is 6.92 Å². The van der Waals surface area contributed by atoms with Crippen LogP contribution in [0.15, 0.2) is 133 Å². The molecule has 0 aliphatic rings. The predicted octanol–water partition coefficient (Wildman–Crippen LogP) is 8.52. The quantitative estimate of drug-likeness (QED) is 0.251. The van der Waals surface area contributed by atoms with E-state index in [0.29, 0.717) is 17.5 Å². The summed E-state index contributed by atoms with van der Waals surface area (Å²) in [7, 11) is 0. The average molecular weight is 476 g/mol. The highest BCUT2D eigenvalue weighted by molar-refractivity contribution is 5.76. The van der Waals surface area contributed by atoms with E-state index in [0.717, 1.165) is 27.8 Å². The molecular weight excluding hydrogens is 450 g/mol. The van der Waals surface area contributed by atoms with Crippen molar-refractivity contribution in [2.75, 3.05) is 0 Å². The molecule has 0 aliphatic carbocycles. The number of aryl methyl sites for hydroxylation is 1. The minimum Gasteiger partial charge on any atom is -0.213 e. The van der Waals surface area contributed by atoms with Crippen LogP contribution in [0.3, 0.4) is 0 Å². The molecule has 0 N–H and O–H groups in total. The minimum atomic E-state index is 0.675. The third-order valence-electron chi connectivity index (χ3n) is 6.40. The van der Waals surface area contributed by atoms with E-state index >= 15 is 0 Å². The molecule has 0 spiro atoms. The van der Waals surface area contributed by atoms with Crippen molar-refractivity contribution in [3.8, 4) is 56.2 Å². The first kappa shape index (κ1) is 22.6. The van der Waals surface area contributed by atoms with Crippen LogP contribution in [0.25, 0.3) is 56.2 Å². The van der Waals surface area contributed by atoms with E-state index in [9.17, 15) is 0 Å². The van der Waals surface area contributed by atoms with Crippen LogP contribution in [0.4, 0.5) is 0 Å². The minimum absolute atomic E-state index is 0.675. The molecule has 37 heavy (non-hydrogen) atoms. The van der Waals surface area contributed by atoms with E-state index in [-0.39, 0.29) is 0 Å². The van der Waals surface area contributed by atoms with E-state index in [1.807, 2.05) is 19.1 Å². The van der Waals surface area contributed by atoms with Gasteiger partial charge in [0.25, 0.3) is 0 Å². The lowest BCUT2D eigenvalue weighted by molar-refractivity contribution is 0.992. The predicted molar refractivity (Wildman–Crippen MR) is 152 cm³/mol. The molecule has 1 aromatic heterocycles. The second kappa shape index (κ2) is 10.00. The molecule has 0 aliphatic heterocycles. The number of hydrogen-bond acceptors (Lipinski definition) is 3. The Hall–Kier alpha value is -4.89. The number of aromatic nitrogens is 3. The molecule has 3 heteroatoms. The van der Waals surface area contributed by atoms with Crippen molar-refractivity contribution >= 4 is 0 Å². The molecule has 3 nitrogen and oxygen atoms in total. The first-order valence-electron chi connectivity index (χ1n) is 12.4. The fourth-order valence-electron chi connectivity index (χ4n) is 4.56. The first-order chi connectivity index (χ1) is 18.2. The molecule has 0 atom stereocenters. The maximum Gasteiger partial charge on any atom is 0.163 e. The lowest BCUT2D eigenvalue weighted by Crippen LogP contribution is -1.99. The summed E-state index contributed by atoms with van der Waals surface area (Å²) >= 11 is 0. The fourth-order valence-corrected chi connectivity index (χ4v) is 4.56. The van der Waals surface area contributed by atoms with Crippen LogP contribution >= 0.6 is 0 Å². The summed E-state index contributed by atoms with van der Waals surface area (Å²) in [6.45, 7) is 1.92. The highest BCUT2D eigenvalue weighted by atomic mass is 15.0. The van der Waals surface area contributed by atoms with Crippen LogP contribution in [-0.2, 0) is 0 Å². The molecule has 6 rings (SSSR count). The molecule has 0 radical (unpaired) electrons. The molecule has 1 heterocycles. The summed E-state index contributed by atoms with van der Waals surface area (Å²) in [5, 5.41) is 0. The highest BCUT2D eigenvalue weighted by Gasteiger charge is 2.11. The summed E-state index contributed by atoms with van der Waals surface area (Å²) in [5.74, 6) is 2.05. The first-order valence-corrected chi connectivity index (χ1v) is 12.4. The Balaban J connectivity index is 1.37. The summed E-state index contributed by atoms with van der Waals surface area (Å²) in [6, 6.07) is 46.2. The van der Waals surface area contributed by atoms with Gasteiger partial charge in [-0.15, -0.1) is 0 Å². The average Bonchev–Trinajstić information content (AvgIpc) is 2.98. The van der Waals surface area contributed by atoms with Crippen molar-refractivity contribution < 1.29 is 0 Å². The molecule has 0 saturated heterocycles. The van der Waals surface area contributed by atoms with Crippen molar-refractivity contribution in [1.29, 1.82) is 0 Å². The van der Waals surface area contributed by atoms with E-state index < -0.39 is 0 Å². The molecule has 5 aromatic carbocycles. The molecule has 0 fully saturated rings. The lowest BCUT2D eigenvalue weighted by Gasteiger charge is -2.10. The van der Waals surface area contributed by atoms with Gasteiger partial charge in [0.05, 0.1) is 0 Å². The highest BCUT2D eigenvalue weighted by Crippen LogP contribution is 2.30. The SMILES string of the molecule is Cc1nc(-c2cccc(-c3ccccc3)c2)nc(-c2cccc(-c3cccc(-c4ccccc4)c3)c2)n1. The second-order valence-corrected chi connectivity index (χ2v) is 9.00. The Labute approximate surface area is 217 Å². The molecule has 0 unspecified atom stereocenters. The van der Waals surface area contributed by atoms with Gasteiger partial charge in [-0.25, -0.2) is 15.0 Å². The summed E-state index contributed by atoms with van der Waals surface area (Å²) in [6.07, 6.45) is 0. The van der Waals surface area contributed by atoms with E-state index in [4.69, 9.17) is 4.98 Å². The summed E-state index contributed by atoms with van der Waals surface area (Å²) in [5.41, 5.74) is 8.92. The van der Waals surface area contributed by atoms with E-state index in [1.54, 1.807) is 0 Å². The van der Waals surface area contributed by atoms with Gasteiger partial charge in [-0.05, 0) is 58.5 Å². The topological polar surface area (TPSA) is 38.7 Å². The van der Waals surface area contributed by atoms with E-state index in [2.05, 4.69) is 131 Å². The summed E-state index contributed by atoms with van der Waals surface area (Å²) in [4.78, 5) is 14.2. The van der Waals surface area contributed by atoms with Crippen molar-refractivity contribution in [3.05, 3.63) is 139 Å². The number of nitrogens with zero attached hydrogens (tertiary/aromatic N) is 3. The van der Waals surface area contributed by atoms with Crippen molar-refractivity contribution in [1.82, 2.24) is 15.0 Å². The standard InChI is InChI=1S/C34H25N3/c1-24-35-33(31-19-9-16-28(22-31)26-13-6-3-7-14-26)37-34(36-24)32-20-10-18-30(23-32)29-17-8-15-27(21-29)25-11-4-2-5-12-25/h2-23H,1H3. The maximum atomic E-state index is 4.89. The van der Waals surface area contributed by atoms with Gasteiger partial charge in [0.2, 0.25) is 0 Å². The third kappa shape index (κ3) is 4.93. The smallest absolute Gasteiger partial charge is 0.163 e. The fraction of sp³-hybridized carbons (Fsp3) is 0.0294. The number of benzene rings is 5. The molecule has 0 bridgehead atoms. The van der Waals surface area contributed by atoms with Gasteiger partial charge in [-0.3, -0.25) is 0 Å². The van der Waals surface area contributed by atoms with Gasteiger partial charge < -0.3 is 0 Å². The largest absolute Gasteiger partial charge is 0.213 e. The van der Waals surface area contributed by atoms with Crippen molar-refractivity contribution in [2.45, 2.75) is 6.92 Å². The Morgan fingerprint density at radius 3 is 1.08 bits per heavy atom. The number of hydrogen-bond donors (Lipinski definition) is 0. The van der Waals surface area contributed by atoms with Crippen LogP contribution in [0.2, 0.25) is 0 Å². The Morgan fingerprint density at radius 1 is 0.324 bits per heavy atom. The van der Waals surface area contributed by atoms with Crippen molar-refractivity contribution in [3.63, 3.8) is 0 Å². The zero-order chi connectivity index (χ0) is 25.0. The zero-order valence-corrected chi connectivity index (χ0v) is 20.5. The van der Waals surface area contributed by atoms with Crippen LogP contribution in [0.5, 0.6) is 0 Å². The monoisotopic (exact) mass is 475 g/mol. The van der Waals surface area contributed by atoms with E-state index in [1.165, 1.54) is 16.7 Å². The molecule has 6 aromatic rings. The Bertz CT molecular complexity index is 1680. The van der Waals surface area contributed by atoms with Gasteiger partial charge in [-0.1, -0.05) is 115 Å². The Morgan fingerprint density at radius 2 is 0.649 bits per heavy atom. The van der Waals surface area contributed by atoms with Gasteiger partial charge in [-0.2, -0.15) is 0 Å². The van der Waals surface area contributed by atoms with Gasteiger partial charge in [0.1, 0.15) is 5.82 Å². The second-order valence-electron chi connectivity index (χ2n) is 9.00. The van der Waals surface area contributed by atoms with Crippen LogP contribution < -0.4 is 0 Å². The Kier molecular flexibility index (Phi) is 6.10. The lowest BCUT2D eigenvalue weighted by atomic mass is 9.98. The molecule has 176 valence electrons. The van der Waals surface area contributed by atoms with Crippen molar-refractivity contribution in [2.24, 2.45) is 0 Å². The van der Waals surface area contributed by atoms with Gasteiger partial charge in [0, 0.05) is 11.1 Å². The molecule has 0 amide bonds. The van der Waals surface area contributed by atoms with Gasteiger partial charge >= 0.3 is 0 Å². The maximum absolute atomic E-state index is 4.89. The third-order valence-corrected chi connectivity index (χ3v) is 6.40. The normalized spacial score (nSPS) is 10.8. The van der Waals surface area contributed by atoms with Crippen LogP contribution in [0.1, 0.15) is 5.82 Å². The van der Waals surface area contributed by atoms with Crippen LogP contribution in [-0.4, -0.2) is 15.0 Å². The molecule has 0 saturated carbocycles. The van der Waals surface area contributed by atoms with Gasteiger partial charge in [0.15, 0.2) is 11.6 Å².